The number of carbonyl (C=O) groups excluding carboxylic acids is 1. The topological polar surface area (TPSA) is 73.7 Å². The number of hydrogen-bond acceptors (Lipinski definition) is 4. The minimum Gasteiger partial charge on any atom is -0.337 e. The van der Waals surface area contributed by atoms with Crippen LogP contribution in [-0.2, 0) is 17.8 Å². The van der Waals surface area contributed by atoms with Crippen molar-refractivity contribution in [3.8, 4) is 0 Å². The van der Waals surface area contributed by atoms with E-state index >= 15 is 0 Å². The standard InChI is InChI=1S/C25H35N5O2/c1-17(2)24(31)29-13-10-21-20(16-29)25(32)30-23(26-21)14-22(27-30)19-8-11-28(12-9-19)15-18-6-4-3-5-7-18/h3-4,14,17-19,27H,5-13,15-16H2,1-2H3/t18-/m1/s1. The van der Waals surface area contributed by atoms with Gasteiger partial charge in [0.25, 0.3) is 5.56 Å². The molecule has 7 heteroatoms. The van der Waals surface area contributed by atoms with E-state index in [9.17, 15) is 9.59 Å². The van der Waals surface area contributed by atoms with Crippen LogP contribution < -0.4 is 5.56 Å². The fourth-order valence-electron chi connectivity index (χ4n) is 5.58. The minimum absolute atomic E-state index is 0.0553. The van der Waals surface area contributed by atoms with Crippen LogP contribution in [0.1, 0.15) is 68.8 Å². The highest BCUT2D eigenvalue weighted by Gasteiger charge is 2.28. The van der Waals surface area contributed by atoms with Gasteiger partial charge in [-0.05, 0) is 51.1 Å². The summed E-state index contributed by atoms with van der Waals surface area (Å²) in [5.41, 5.74) is 3.29. The molecule has 2 aromatic rings. The highest BCUT2D eigenvalue weighted by Crippen LogP contribution is 2.29. The van der Waals surface area contributed by atoms with Crippen molar-refractivity contribution in [2.75, 3.05) is 26.2 Å². The van der Waals surface area contributed by atoms with E-state index in [1.165, 1.54) is 25.8 Å². The third-order valence-electron chi connectivity index (χ3n) is 7.51. The maximum absolute atomic E-state index is 13.2. The van der Waals surface area contributed by atoms with Gasteiger partial charge in [0.2, 0.25) is 5.91 Å². The summed E-state index contributed by atoms with van der Waals surface area (Å²) >= 11 is 0. The second-order valence-corrected chi connectivity index (χ2v) is 10.1. The SMILES string of the molecule is CC(C)C(=O)N1CCc2nc3cc(C4CCN(C[C@@H]5CC=CCC5)CC4)[nH]n3c(=O)c2C1. The molecular weight excluding hydrogens is 402 g/mol. The molecule has 0 saturated carbocycles. The lowest BCUT2D eigenvalue weighted by atomic mass is 9.90. The van der Waals surface area contributed by atoms with E-state index in [0.29, 0.717) is 36.6 Å². The lowest BCUT2D eigenvalue weighted by Gasteiger charge is -2.34. The Balaban J connectivity index is 1.29. The Labute approximate surface area is 189 Å². The van der Waals surface area contributed by atoms with E-state index in [-0.39, 0.29) is 17.4 Å². The summed E-state index contributed by atoms with van der Waals surface area (Å²) in [6.07, 6.45) is 11.3. The monoisotopic (exact) mass is 437 g/mol. The van der Waals surface area contributed by atoms with E-state index in [0.717, 1.165) is 43.2 Å². The van der Waals surface area contributed by atoms with Crippen LogP contribution in [0.3, 0.4) is 0 Å². The Morgan fingerprint density at radius 2 is 2.00 bits per heavy atom. The number of hydrogen-bond donors (Lipinski definition) is 1. The number of rotatable bonds is 4. The van der Waals surface area contributed by atoms with E-state index in [4.69, 9.17) is 4.98 Å². The minimum atomic E-state index is -0.0615. The molecule has 1 saturated heterocycles. The summed E-state index contributed by atoms with van der Waals surface area (Å²) in [6.45, 7) is 8.25. The quantitative estimate of drug-likeness (QED) is 0.746. The fourth-order valence-corrected chi connectivity index (χ4v) is 5.58. The molecule has 1 amide bonds. The molecule has 0 radical (unpaired) electrons. The lowest BCUT2D eigenvalue weighted by Crippen LogP contribution is -2.41. The number of nitrogens with zero attached hydrogens (tertiary/aromatic N) is 4. The van der Waals surface area contributed by atoms with Crippen molar-refractivity contribution in [2.24, 2.45) is 11.8 Å². The van der Waals surface area contributed by atoms with Crippen LogP contribution >= 0.6 is 0 Å². The van der Waals surface area contributed by atoms with Crippen molar-refractivity contribution in [1.82, 2.24) is 24.4 Å². The first-order chi connectivity index (χ1) is 15.5. The van der Waals surface area contributed by atoms with Crippen LogP contribution in [0.2, 0.25) is 0 Å². The van der Waals surface area contributed by atoms with Gasteiger partial charge < -0.3 is 9.80 Å². The first-order valence-corrected chi connectivity index (χ1v) is 12.3. The summed E-state index contributed by atoms with van der Waals surface area (Å²) in [7, 11) is 0. The van der Waals surface area contributed by atoms with Gasteiger partial charge >= 0.3 is 0 Å². The van der Waals surface area contributed by atoms with Crippen molar-refractivity contribution in [2.45, 2.75) is 64.8 Å². The first-order valence-electron chi connectivity index (χ1n) is 12.3. The molecule has 0 unspecified atom stereocenters. The Morgan fingerprint density at radius 1 is 1.19 bits per heavy atom. The van der Waals surface area contributed by atoms with Gasteiger partial charge in [-0.1, -0.05) is 26.0 Å². The highest BCUT2D eigenvalue weighted by atomic mass is 16.2. The van der Waals surface area contributed by atoms with E-state index in [2.05, 4.69) is 28.2 Å². The Kier molecular flexibility index (Phi) is 5.93. The van der Waals surface area contributed by atoms with Crippen molar-refractivity contribution in [1.29, 1.82) is 0 Å². The van der Waals surface area contributed by atoms with E-state index < -0.39 is 0 Å². The number of nitrogens with one attached hydrogen (secondary N) is 1. The molecule has 4 heterocycles. The number of allylic oxidation sites excluding steroid dienone is 2. The molecule has 2 aromatic heterocycles. The average Bonchev–Trinajstić information content (AvgIpc) is 3.24. The summed E-state index contributed by atoms with van der Waals surface area (Å²) < 4.78 is 1.60. The predicted octanol–water partition coefficient (Wildman–Crippen LogP) is 3.10. The fraction of sp³-hybridized carbons (Fsp3) is 0.640. The van der Waals surface area contributed by atoms with Crippen LogP contribution in [0.4, 0.5) is 0 Å². The van der Waals surface area contributed by atoms with Crippen LogP contribution in [0.15, 0.2) is 23.0 Å². The van der Waals surface area contributed by atoms with Crippen molar-refractivity contribution in [3.63, 3.8) is 0 Å². The Hall–Kier alpha value is -2.41. The smallest absolute Gasteiger partial charge is 0.277 e. The molecule has 1 N–H and O–H groups in total. The van der Waals surface area contributed by atoms with Gasteiger partial charge in [0, 0.05) is 43.1 Å². The Morgan fingerprint density at radius 3 is 2.72 bits per heavy atom. The molecule has 5 rings (SSSR count). The van der Waals surface area contributed by atoms with Crippen molar-refractivity contribution >= 4 is 11.6 Å². The zero-order valence-corrected chi connectivity index (χ0v) is 19.3. The highest BCUT2D eigenvalue weighted by molar-refractivity contribution is 5.78. The number of fused-ring (bicyclic) bond motifs is 2. The van der Waals surface area contributed by atoms with Gasteiger partial charge in [0.1, 0.15) is 0 Å². The van der Waals surface area contributed by atoms with Crippen LogP contribution in [0.5, 0.6) is 0 Å². The molecule has 0 bridgehead atoms. The summed E-state index contributed by atoms with van der Waals surface area (Å²) in [4.78, 5) is 34.9. The largest absolute Gasteiger partial charge is 0.337 e. The zero-order valence-electron chi connectivity index (χ0n) is 19.3. The van der Waals surface area contributed by atoms with Gasteiger partial charge in [0.15, 0.2) is 5.65 Å². The lowest BCUT2D eigenvalue weighted by molar-refractivity contribution is -0.135. The van der Waals surface area contributed by atoms with E-state index in [1.807, 2.05) is 13.8 Å². The van der Waals surface area contributed by atoms with Gasteiger partial charge in [-0.15, -0.1) is 0 Å². The maximum atomic E-state index is 13.2. The van der Waals surface area contributed by atoms with E-state index in [1.54, 1.807) is 9.42 Å². The summed E-state index contributed by atoms with van der Waals surface area (Å²) in [5.74, 6) is 1.28. The molecule has 172 valence electrons. The summed E-state index contributed by atoms with van der Waals surface area (Å²) in [6, 6.07) is 2.07. The second-order valence-electron chi connectivity index (χ2n) is 10.1. The van der Waals surface area contributed by atoms with Gasteiger partial charge in [0.05, 0.1) is 17.8 Å². The van der Waals surface area contributed by atoms with Gasteiger partial charge in [-0.3, -0.25) is 14.7 Å². The number of piperidine rings is 1. The molecule has 1 fully saturated rings. The van der Waals surface area contributed by atoms with Gasteiger partial charge in [-0.25, -0.2) is 9.50 Å². The molecular formula is C25H35N5O2. The maximum Gasteiger partial charge on any atom is 0.277 e. The number of amides is 1. The molecule has 32 heavy (non-hydrogen) atoms. The number of carbonyl (C=O) groups is 1. The predicted molar refractivity (Wildman–Crippen MR) is 125 cm³/mol. The number of aromatic nitrogens is 3. The number of H-pyrrole nitrogens is 1. The van der Waals surface area contributed by atoms with Gasteiger partial charge in [-0.2, -0.15) is 0 Å². The molecule has 1 aliphatic carbocycles. The molecule has 3 aliphatic rings. The van der Waals surface area contributed by atoms with Crippen LogP contribution in [-0.4, -0.2) is 56.5 Å². The zero-order chi connectivity index (χ0) is 22.2. The van der Waals surface area contributed by atoms with Crippen molar-refractivity contribution < 1.29 is 4.79 Å². The molecule has 2 aliphatic heterocycles. The molecule has 7 nitrogen and oxygen atoms in total. The first kappa shape index (κ1) is 21.4. The van der Waals surface area contributed by atoms with Crippen molar-refractivity contribution in [3.05, 3.63) is 45.5 Å². The normalized spacial score (nSPS) is 22.6. The Bertz CT molecular complexity index is 1070. The van der Waals surface area contributed by atoms with Crippen LogP contribution in [0, 0.1) is 11.8 Å². The van der Waals surface area contributed by atoms with Crippen LogP contribution in [0.25, 0.3) is 5.65 Å². The third-order valence-corrected chi connectivity index (χ3v) is 7.51. The summed E-state index contributed by atoms with van der Waals surface area (Å²) in [5, 5.41) is 3.36. The third kappa shape index (κ3) is 4.15. The molecule has 0 spiro atoms. The number of aromatic amines is 1. The average molecular weight is 438 g/mol. The number of likely N-dealkylation sites (tertiary alicyclic amines) is 1. The molecule has 1 atom stereocenters. The second kappa shape index (κ2) is 8.85. The molecule has 0 aromatic carbocycles.